The summed E-state index contributed by atoms with van der Waals surface area (Å²) >= 11 is 3.08. The second kappa shape index (κ2) is 5.61. The highest BCUT2D eigenvalue weighted by molar-refractivity contribution is 9.10. The SMILES string of the molecule is O=C(NCC1(O)CC(C(=O)O)C1)c1cc2c(F)c(Br)ccc2[nH]1. The second-order valence-electron chi connectivity index (χ2n) is 5.86. The zero-order chi connectivity index (χ0) is 16.8. The molecule has 122 valence electrons. The summed E-state index contributed by atoms with van der Waals surface area (Å²) in [5.41, 5.74) is -0.530. The van der Waals surface area contributed by atoms with Gasteiger partial charge in [0.15, 0.2) is 0 Å². The largest absolute Gasteiger partial charge is 0.481 e. The molecular formula is C15H14BrFN2O4. The average Bonchev–Trinajstić information content (AvgIpc) is 2.90. The van der Waals surface area contributed by atoms with Gasteiger partial charge in [-0.3, -0.25) is 9.59 Å². The molecule has 0 bridgehead atoms. The molecule has 2 aromatic rings. The topological polar surface area (TPSA) is 102 Å². The number of aromatic amines is 1. The number of fused-ring (bicyclic) bond motifs is 1. The number of carboxylic acid groups (broad SMARTS) is 1. The molecule has 0 unspecified atom stereocenters. The summed E-state index contributed by atoms with van der Waals surface area (Å²) in [5.74, 6) is -2.46. The van der Waals surface area contributed by atoms with Crippen LogP contribution in [0, 0.1) is 11.7 Å². The molecule has 1 fully saturated rings. The van der Waals surface area contributed by atoms with E-state index >= 15 is 0 Å². The molecule has 0 aliphatic heterocycles. The van der Waals surface area contributed by atoms with Crippen molar-refractivity contribution in [3.05, 3.63) is 34.2 Å². The van der Waals surface area contributed by atoms with Gasteiger partial charge in [-0.1, -0.05) is 0 Å². The minimum absolute atomic E-state index is 0.0445. The Morgan fingerprint density at radius 2 is 2.13 bits per heavy atom. The van der Waals surface area contributed by atoms with E-state index in [1.165, 1.54) is 6.07 Å². The van der Waals surface area contributed by atoms with E-state index in [9.17, 15) is 19.1 Å². The normalized spacial score (nSPS) is 23.5. The smallest absolute Gasteiger partial charge is 0.306 e. The minimum atomic E-state index is -1.20. The molecule has 4 N–H and O–H groups in total. The lowest BCUT2D eigenvalue weighted by Crippen LogP contribution is -2.54. The molecule has 1 amide bonds. The minimum Gasteiger partial charge on any atom is -0.481 e. The fourth-order valence-corrected chi connectivity index (χ4v) is 3.13. The van der Waals surface area contributed by atoms with Crippen LogP contribution in [0.5, 0.6) is 0 Å². The van der Waals surface area contributed by atoms with Gasteiger partial charge in [0, 0.05) is 17.4 Å². The van der Waals surface area contributed by atoms with Gasteiger partial charge in [0.25, 0.3) is 5.91 Å². The van der Waals surface area contributed by atoms with Crippen molar-refractivity contribution in [3.63, 3.8) is 0 Å². The number of H-pyrrole nitrogens is 1. The number of hydrogen-bond donors (Lipinski definition) is 4. The van der Waals surface area contributed by atoms with E-state index in [1.54, 1.807) is 12.1 Å². The summed E-state index contributed by atoms with van der Waals surface area (Å²) in [7, 11) is 0. The Kier molecular flexibility index (Phi) is 3.89. The van der Waals surface area contributed by atoms with E-state index < -0.39 is 29.2 Å². The fourth-order valence-electron chi connectivity index (χ4n) is 2.78. The summed E-state index contributed by atoms with van der Waals surface area (Å²) in [6.07, 6.45) is 0.216. The van der Waals surface area contributed by atoms with Gasteiger partial charge in [-0.15, -0.1) is 0 Å². The van der Waals surface area contributed by atoms with Crippen LogP contribution in [-0.4, -0.2) is 39.2 Å². The second-order valence-corrected chi connectivity index (χ2v) is 6.71. The van der Waals surface area contributed by atoms with E-state index in [1.807, 2.05) is 0 Å². The van der Waals surface area contributed by atoms with Crippen molar-refractivity contribution < 1.29 is 24.2 Å². The number of nitrogens with one attached hydrogen (secondary N) is 2. The molecule has 1 aliphatic carbocycles. The summed E-state index contributed by atoms with van der Waals surface area (Å²) in [6.45, 7) is -0.0445. The molecule has 3 rings (SSSR count). The Morgan fingerprint density at radius 3 is 2.78 bits per heavy atom. The number of aliphatic hydroxyl groups is 1. The zero-order valence-electron chi connectivity index (χ0n) is 11.9. The van der Waals surface area contributed by atoms with Gasteiger partial charge in [0.05, 0.1) is 16.0 Å². The monoisotopic (exact) mass is 384 g/mol. The number of carbonyl (C=O) groups excluding carboxylic acids is 1. The number of carboxylic acids is 1. The van der Waals surface area contributed by atoms with E-state index in [2.05, 4.69) is 26.2 Å². The molecule has 1 aromatic heterocycles. The first kappa shape index (κ1) is 15.9. The van der Waals surface area contributed by atoms with Crippen molar-refractivity contribution in [2.45, 2.75) is 18.4 Å². The van der Waals surface area contributed by atoms with E-state index in [0.29, 0.717) is 9.99 Å². The molecular weight excluding hydrogens is 371 g/mol. The van der Waals surface area contributed by atoms with Crippen LogP contribution in [0.2, 0.25) is 0 Å². The zero-order valence-corrected chi connectivity index (χ0v) is 13.5. The first-order chi connectivity index (χ1) is 10.8. The number of aliphatic carboxylic acids is 1. The first-order valence-electron chi connectivity index (χ1n) is 6.99. The lowest BCUT2D eigenvalue weighted by atomic mass is 9.71. The van der Waals surface area contributed by atoms with Crippen LogP contribution in [-0.2, 0) is 4.79 Å². The lowest BCUT2D eigenvalue weighted by molar-refractivity contribution is -0.157. The third-order valence-electron chi connectivity index (χ3n) is 4.12. The van der Waals surface area contributed by atoms with E-state index in [0.717, 1.165) is 0 Å². The number of carbonyl (C=O) groups is 2. The van der Waals surface area contributed by atoms with Gasteiger partial charge in [-0.2, -0.15) is 0 Å². The molecule has 1 aromatic carbocycles. The molecule has 0 atom stereocenters. The first-order valence-corrected chi connectivity index (χ1v) is 7.78. The van der Waals surface area contributed by atoms with Crippen LogP contribution in [0.1, 0.15) is 23.3 Å². The van der Waals surface area contributed by atoms with Gasteiger partial charge in [-0.25, -0.2) is 4.39 Å². The van der Waals surface area contributed by atoms with Crippen LogP contribution in [0.4, 0.5) is 4.39 Å². The van der Waals surface area contributed by atoms with Crippen molar-refractivity contribution >= 4 is 38.7 Å². The predicted molar refractivity (Wildman–Crippen MR) is 83.6 cm³/mol. The molecule has 6 nitrogen and oxygen atoms in total. The third kappa shape index (κ3) is 2.96. The van der Waals surface area contributed by atoms with Gasteiger partial charge in [0.1, 0.15) is 11.5 Å². The molecule has 1 aliphatic rings. The van der Waals surface area contributed by atoms with Crippen LogP contribution in [0.15, 0.2) is 22.7 Å². The molecule has 0 radical (unpaired) electrons. The third-order valence-corrected chi connectivity index (χ3v) is 4.73. The highest BCUT2D eigenvalue weighted by Crippen LogP contribution is 2.37. The Labute approximate surface area is 138 Å². The average molecular weight is 385 g/mol. The molecule has 23 heavy (non-hydrogen) atoms. The van der Waals surface area contributed by atoms with Crippen molar-refractivity contribution in [1.29, 1.82) is 0 Å². The summed E-state index contributed by atoms with van der Waals surface area (Å²) in [4.78, 5) is 25.7. The molecule has 1 heterocycles. The summed E-state index contributed by atoms with van der Waals surface area (Å²) in [6, 6.07) is 4.59. The van der Waals surface area contributed by atoms with Gasteiger partial charge >= 0.3 is 5.97 Å². The highest BCUT2D eigenvalue weighted by Gasteiger charge is 2.46. The van der Waals surface area contributed by atoms with Gasteiger partial charge in [0.2, 0.25) is 0 Å². The maximum absolute atomic E-state index is 13.9. The molecule has 0 spiro atoms. The Balaban J connectivity index is 1.67. The maximum Gasteiger partial charge on any atom is 0.306 e. The predicted octanol–water partition coefficient (Wildman–Crippen LogP) is 2.02. The Hall–Kier alpha value is -1.93. The number of halogens is 2. The van der Waals surface area contributed by atoms with Crippen molar-refractivity contribution in [2.24, 2.45) is 5.92 Å². The number of rotatable bonds is 4. The number of aromatic nitrogens is 1. The van der Waals surface area contributed by atoms with Crippen molar-refractivity contribution in [1.82, 2.24) is 10.3 Å². The maximum atomic E-state index is 13.9. The quantitative estimate of drug-likeness (QED) is 0.647. The summed E-state index contributed by atoms with van der Waals surface area (Å²) in [5, 5.41) is 21.7. The fraction of sp³-hybridized carbons (Fsp3) is 0.333. The van der Waals surface area contributed by atoms with Gasteiger partial charge < -0.3 is 20.5 Å². The summed E-state index contributed by atoms with van der Waals surface area (Å²) < 4.78 is 14.2. The standard InChI is InChI=1S/C15H14BrFN2O4/c16-9-1-2-10-8(12(9)17)3-11(19-10)13(20)18-6-15(23)4-7(5-15)14(21)22/h1-3,7,19,23H,4-6H2,(H,18,20)(H,21,22). The van der Waals surface area contributed by atoms with Crippen LogP contribution < -0.4 is 5.32 Å². The molecule has 1 saturated carbocycles. The number of hydrogen-bond acceptors (Lipinski definition) is 3. The van der Waals surface area contributed by atoms with E-state index in [-0.39, 0.29) is 30.5 Å². The van der Waals surface area contributed by atoms with E-state index in [4.69, 9.17) is 5.11 Å². The Bertz CT molecular complexity index is 798. The van der Waals surface area contributed by atoms with Crippen LogP contribution in [0.25, 0.3) is 10.9 Å². The van der Waals surface area contributed by atoms with Gasteiger partial charge in [-0.05, 0) is 47.0 Å². The highest BCUT2D eigenvalue weighted by atomic mass is 79.9. The number of amides is 1. The number of benzene rings is 1. The van der Waals surface area contributed by atoms with Crippen LogP contribution in [0.3, 0.4) is 0 Å². The molecule has 0 saturated heterocycles. The van der Waals surface area contributed by atoms with Crippen molar-refractivity contribution in [3.8, 4) is 0 Å². The van der Waals surface area contributed by atoms with Crippen LogP contribution >= 0.6 is 15.9 Å². The Morgan fingerprint density at radius 1 is 1.43 bits per heavy atom. The lowest BCUT2D eigenvalue weighted by Gasteiger charge is -2.41. The molecule has 8 heteroatoms. The van der Waals surface area contributed by atoms with Crippen molar-refractivity contribution in [2.75, 3.05) is 6.54 Å².